The second-order valence-corrected chi connectivity index (χ2v) is 11.9. The Morgan fingerprint density at radius 2 is 1.96 bits per heavy atom. The van der Waals surface area contributed by atoms with Crippen LogP contribution in [0.1, 0.15) is 63.0 Å². The van der Waals surface area contributed by atoms with Gasteiger partial charge >= 0.3 is 5.97 Å². The average Bonchev–Trinajstić information content (AvgIpc) is 3.78. The molecule has 0 aliphatic carbocycles. The Balaban J connectivity index is 1.51. The minimum absolute atomic E-state index is 0.0199. The minimum Gasteiger partial charge on any atom is -0.493 e. The van der Waals surface area contributed by atoms with E-state index in [2.05, 4.69) is 18.9 Å². The molecule has 3 unspecified atom stereocenters. The molecule has 2 aliphatic heterocycles. The van der Waals surface area contributed by atoms with Crippen LogP contribution in [0.4, 0.5) is 10.1 Å². The lowest BCUT2D eigenvalue weighted by atomic mass is 9.84. The van der Waals surface area contributed by atoms with E-state index < -0.39 is 23.8 Å². The quantitative estimate of drug-likeness (QED) is 0.247. The van der Waals surface area contributed by atoms with E-state index in [9.17, 15) is 19.1 Å². The number of carbonyl (C=O) groups excluding carboxylic acids is 1. The number of aryl methyl sites for hydroxylation is 2. The molecule has 1 aromatic heterocycles. The first kappa shape index (κ1) is 32.3. The molecule has 0 bridgehead atoms. The molecule has 1 saturated heterocycles. The van der Waals surface area contributed by atoms with Gasteiger partial charge in [0.2, 0.25) is 18.4 Å². The lowest BCUT2D eigenvalue weighted by Gasteiger charge is -2.35. The molecule has 1 amide bonds. The maximum Gasteiger partial charge on any atom is 0.308 e. The number of rotatable bonds is 14. The van der Waals surface area contributed by atoms with Crippen LogP contribution in [-0.2, 0) is 16.1 Å². The summed E-state index contributed by atoms with van der Waals surface area (Å²) in [4.78, 5) is 31.2. The van der Waals surface area contributed by atoms with Gasteiger partial charge < -0.3 is 24.2 Å². The summed E-state index contributed by atoms with van der Waals surface area (Å²) in [7, 11) is 1.54. The third-order valence-electron chi connectivity index (χ3n) is 8.99. The van der Waals surface area contributed by atoms with Crippen molar-refractivity contribution in [3.8, 4) is 17.2 Å². The van der Waals surface area contributed by atoms with E-state index in [0.717, 1.165) is 31.2 Å². The smallest absolute Gasteiger partial charge is 0.308 e. The monoisotopic (exact) mass is 622 g/mol. The number of fused-ring (bicyclic) bond motifs is 1. The number of aromatic nitrogens is 2. The lowest BCUT2D eigenvalue weighted by molar-refractivity contribution is -0.143. The van der Waals surface area contributed by atoms with Crippen LogP contribution in [0, 0.1) is 18.7 Å². The highest BCUT2D eigenvalue weighted by Gasteiger charge is 2.48. The number of ether oxygens (including phenoxy) is 3. The zero-order chi connectivity index (χ0) is 32.1. The van der Waals surface area contributed by atoms with Crippen molar-refractivity contribution in [3.05, 3.63) is 65.7 Å². The topological polar surface area (TPSA) is 106 Å². The summed E-state index contributed by atoms with van der Waals surface area (Å²) in [6, 6.07) is 9.76. The Morgan fingerprint density at radius 3 is 2.60 bits per heavy atom. The summed E-state index contributed by atoms with van der Waals surface area (Å²) < 4.78 is 32.9. The molecule has 0 spiro atoms. The number of aliphatic carboxylic acids is 1. The summed E-state index contributed by atoms with van der Waals surface area (Å²) in [6.07, 6.45) is 7.40. The molecule has 1 fully saturated rings. The van der Waals surface area contributed by atoms with E-state index in [4.69, 9.17) is 14.2 Å². The van der Waals surface area contributed by atoms with Gasteiger partial charge in [0.1, 0.15) is 5.82 Å². The van der Waals surface area contributed by atoms with Crippen LogP contribution in [-0.4, -0.2) is 70.7 Å². The van der Waals surface area contributed by atoms with Gasteiger partial charge in [-0.2, -0.15) is 5.10 Å². The summed E-state index contributed by atoms with van der Waals surface area (Å²) in [5, 5.41) is 15.0. The van der Waals surface area contributed by atoms with Crippen molar-refractivity contribution in [3.63, 3.8) is 0 Å². The standard InChI is InChI=1S/C34H43FN4O6/c1-5-8-24(9-6-2)39(25-10-11-27(35)22(3)16-25)31(40)20-37-19-26(23-17-29(43-4)33-30(18-23)44-21-45-33)32(34(41)42)28(37)12-15-38-14-7-13-36-38/h7,10-11,13-14,16-18,24,26,28,32H,5-6,8-9,12,15,19-21H2,1-4H3,(H,41,42). The van der Waals surface area contributed by atoms with Crippen molar-refractivity contribution in [2.45, 2.75) is 77.4 Å². The van der Waals surface area contributed by atoms with Gasteiger partial charge in [0.05, 0.1) is 19.6 Å². The number of carboxylic acids is 1. The highest BCUT2D eigenvalue weighted by atomic mass is 19.1. The van der Waals surface area contributed by atoms with Crippen molar-refractivity contribution in [1.29, 1.82) is 0 Å². The summed E-state index contributed by atoms with van der Waals surface area (Å²) in [5.41, 5.74) is 1.88. The highest BCUT2D eigenvalue weighted by molar-refractivity contribution is 5.95. The van der Waals surface area contributed by atoms with Crippen LogP contribution < -0.4 is 19.1 Å². The van der Waals surface area contributed by atoms with Gasteiger partial charge in [0, 0.05) is 49.2 Å². The first-order valence-electron chi connectivity index (χ1n) is 15.8. The molecule has 11 heteroatoms. The van der Waals surface area contributed by atoms with Gasteiger partial charge in [-0.3, -0.25) is 19.2 Å². The largest absolute Gasteiger partial charge is 0.493 e. The number of benzene rings is 2. The Kier molecular flexibility index (Phi) is 10.3. The Morgan fingerprint density at radius 1 is 1.18 bits per heavy atom. The van der Waals surface area contributed by atoms with E-state index in [1.165, 1.54) is 13.2 Å². The summed E-state index contributed by atoms with van der Waals surface area (Å²) in [5.74, 6) is -1.15. The van der Waals surface area contributed by atoms with Gasteiger partial charge in [-0.15, -0.1) is 0 Å². The van der Waals surface area contributed by atoms with Crippen LogP contribution >= 0.6 is 0 Å². The fraction of sp³-hybridized carbons (Fsp3) is 0.500. The number of methoxy groups -OCH3 is 1. The predicted octanol–water partition coefficient (Wildman–Crippen LogP) is 5.63. The Labute approximate surface area is 263 Å². The fourth-order valence-electron chi connectivity index (χ4n) is 6.91. The Hall–Kier alpha value is -4.12. The third-order valence-corrected chi connectivity index (χ3v) is 8.99. The van der Waals surface area contributed by atoms with Gasteiger partial charge in [-0.25, -0.2) is 4.39 Å². The zero-order valence-corrected chi connectivity index (χ0v) is 26.4. The number of carbonyl (C=O) groups is 2. The third kappa shape index (κ3) is 6.93. The molecule has 45 heavy (non-hydrogen) atoms. The maximum atomic E-state index is 14.4. The number of amides is 1. The average molecular weight is 623 g/mol. The van der Waals surface area contributed by atoms with Gasteiger partial charge in [0.15, 0.2) is 11.5 Å². The first-order valence-corrected chi connectivity index (χ1v) is 15.8. The molecule has 2 aliphatic rings. The summed E-state index contributed by atoms with van der Waals surface area (Å²) in [6.45, 7) is 6.81. The van der Waals surface area contributed by atoms with Crippen molar-refractivity contribution in [2.24, 2.45) is 5.92 Å². The number of nitrogens with zero attached hydrogens (tertiary/aromatic N) is 4. The maximum absolute atomic E-state index is 14.4. The van der Waals surface area contributed by atoms with E-state index in [0.29, 0.717) is 48.0 Å². The second-order valence-electron chi connectivity index (χ2n) is 11.9. The molecular formula is C34H43FN4O6. The highest BCUT2D eigenvalue weighted by Crippen LogP contribution is 2.47. The minimum atomic E-state index is -0.932. The van der Waals surface area contributed by atoms with Gasteiger partial charge in [-0.05, 0) is 73.7 Å². The number of likely N-dealkylation sites (tertiary alicyclic amines) is 1. The van der Waals surface area contributed by atoms with Crippen LogP contribution in [0.15, 0.2) is 48.8 Å². The molecule has 0 radical (unpaired) electrons. The molecule has 1 N–H and O–H groups in total. The number of carboxylic acid groups (broad SMARTS) is 1. The number of halogens is 1. The van der Waals surface area contributed by atoms with Crippen molar-refractivity contribution >= 4 is 17.6 Å². The van der Waals surface area contributed by atoms with Gasteiger partial charge in [0.25, 0.3) is 0 Å². The SMILES string of the molecule is CCCC(CCC)N(C(=O)CN1CC(c2cc(OC)c3c(c2)OCO3)C(C(=O)O)C1CCn1cccn1)c1ccc(F)c(C)c1. The molecule has 242 valence electrons. The van der Waals surface area contributed by atoms with Crippen molar-refractivity contribution in [1.82, 2.24) is 14.7 Å². The second kappa shape index (κ2) is 14.3. The van der Waals surface area contributed by atoms with Crippen LogP contribution in [0.2, 0.25) is 0 Å². The molecule has 3 atom stereocenters. The normalized spacial score (nSPS) is 19.3. The number of anilines is 1. The number of hydrogen-bond acceptors (Lipinski definition) is 7. The van der Waals surface area contributed by atoms with Gasteiger partial charge in [-0.1, -0.05) is 26.7 Å². The van der Waals surface area contributed by atoms with Crippen molar-refractivity contribution < 1.29 is 33.3 Å². The fourth-order valence-corrected chi connectivity index (χ4v) is 6.91. The molecule has 5 rings (SSSR count). The predicted molar refractivity (Wildman–Crippen MR) is 167 cm³/mol. The van der Waals surface area contributed by atoms with Crippen LogP contribution in [0.3, 0.4) is 0 Å². The van der Waals surface area contributed by atoms with E-state index in [1.807, 2.05) is 34.2 Å². The van der Waals surface area contributed by atoms with Crippen LogP contribution in [0.5, 0.6) is 17.2 Å². The molecule has 10 nitrogen and oxygen atoms in total. The molecule has 3 heterocycles. The van der Waals surface area contributed by atoms with Crippen LogP contribution in [0.25, 0.3) is 0 Å². The lowest BCUT2D eigenvalue weighted by Crippen LogP contribution is -2.48. The Bertz CT molecular complexity index is 1480. The zero-order valence-electron chi connectivity index (χ0n) is 26.4. The molecular weight excluding hydrogens is 579 g/mol. The number of hydrogen-bond donors (Lipinski definition) is 1. The molecule has 0 saturated carbocycles. The van der Waals surface area contributed by atoms with E-state index in [1.54, 1.807) is 29.9 Å². The molecule has 3 aromatic rings. The van der Waals surface area contributed by atoms with E-state index >= 15 is 0 Å². The van der Waals surface area contributed by atoms with E-state index in [-0.39, 0.29) is 31.1 Å². The molecule has 2 aromatic carbocycles. The summed E-state index contributed by atoms with van der Waals surface area (Å²) >= 11 is 0. The first-order chi connectivity index (χ1) is 21.7. The van der Waals surface area contributed by atoms with Crippen molar-refractivity contribution in [2.75, 3.05) is 31.9 Å².